The number of benzene rings is 1. The molecule has 110 valence electrons. The standard InChI is InChI=1S/C15H22N2O3/c1-4-15(2,8-9-18)17-14(20)12-7-5-6-11(10-12)13(19)16-3/h5-7,10,18H,4,8-9H2,1-3H3,(H,16,19)(H,17,20). The molecule has 0 fully saturated rings. The fourth-order valence-electron chi connectivity index (χ4n) is 1.87. The first-order valence-corrected chi connectivity index (χ1v) is 6.71. The number of amides is 2. The van der Waals surface area contributed by atoms with Crippen molar-refractivity contribution in [2.75, 3.05) is 13.7 Å². The summed E-state index contributed by atoms with van der Waals surface area (Å²) < 4.78 is 0. The second kappa shape index (κ2) is 7.05. The predicted octanol–water partition coefficient (Wildman–Crippen LogP) is 1.33. The minimum absolute atomic E-state index is 0.0168. The van der Waals surface area contributed by atoms with Crippen LogP contribution in [0.3, 0.4) is 0 Å². The lowest BCUT2D eigenvalue weighted by molar-refractivity contribution is 0.0886. The van der Waals surface area contributed by atoms with Crippen LogP contribution >= 0.6 is 0 Å². The molecule has 1 atom stereocenters. The highest BCUT2D eigenvalue weighted by Gasteiger charge is 2.24. The summed E-state index contributed by atoms with van der Waals surface area (Å²) in [6, 6.07) is 6.55. The zero-order valence-corrected chi connectivity index (χ0v) is 12.2. The van der Waals surface area contributed by atoms with Crippen molar-refractivity contribution < 1.29 is 14.7 Å². The van der Waals surface area contributed by atoms with Gasteiger partial charge in [0.1, 0.15) is 0 Å². The zero-order chi connectivity index (χ0) is 15.2. The molecule has 0 bridgehead atoms. The Hall–Kier alpha value is -1.88. The van der Waals surface area contributed by atoms with E-state index in [4.69, 9.17) is 5.11 Å². The average Bonchev–Trinajstić information content (AvgIpc) is 2.46. The molecule has 0 spiro atoms. The molecule has 3 N–H and O–H groups in total. The fourth-order valence-corrected chi connectivity index (χ4v) is 1.87. The van der Waals surface area contributed by atoms with Crippen LogP contribution in [0.4, 0.5) is 0 Å². The van der Waals surface area contributed by atoms with E-state index in [1.165, 1.54) is 0 Å². The quantitative estimate of drug-likeness (QED) is 0.734. The highest BCUT2D eigenvalue weighted by atomic mass is 16.3. The third-order valence-electron chi connectivity index (χ3n) is 3.47. The topological polar surface area (TPSA) is 78.4 Å². The molecular formula is C15H22N2O3. The van der Waals surface area contributed by atoms with Crippen molar-refractivity contribution in [3.05, 3.63) is 35.4 Å². The molecule has 0 heterocycles. The lowest BCUT2D eigenvalue weighted by atomic mass is 9.94. The predicted molar refractivity (Wildman–Crippen MR) is 77.7 cm³/mol. The van der Waals surface area contributed by atoms with E-state index in [0.29, 0.717) is 24.0 Å². The van der Waals surface area contributed by atoms with Gasteiger partial charge >= 0.3 is 0 Å². The molecule has 0 saturated carbocycles. The maximum atomic E-state index is 12.2. The van der Waals surface area contributed by atoms with Crippen LogP contribution in [0.5, 0.6) is 0 Å². The Morgan fingerprint density at radius 2 is 1.85 bits per heavy atom. The van der Waals surface area contributed by atoms with Crippen LogP contribution < -0.4 is 10.6 Å². The normalized spacial score (nSPS) is 13.4. The van der Waals surface area contributed by atoms with Crippen molar-refractivity contribution in [3.63, 3.8) is 0 Å². The van der Waals surface area contributed by atoms with Gasteiger partial charge in [-0.05, 0) is 38.0 Å². The second-order valence-electron chi connectivity index (χ2n) is 5.00. The molecule has 0 aliphatic heterocycles. The van der Waals surface area contributed by atoms with Gasteiger partial charge in [-0.25, -0.2) is 0 Å². The zero-order valence-electron chi connectivity index (χ0n) is 12.2. The van der Waals surface area contributed by atoms with E-state index < -0.39 is 5.54 Å². The van der Waals surface area contributed by atoms with Gasteiger partial charge in [-0.1, -0.05) is 13.0 Å². The molecule has 0 saturated heterocycles. The maximum Gasteiger partial charge on any atom is 0.251 e. The highest BCUT2D eigenvalue weighted by molar-refractivity contribution is 5.99. The number of nitrogens with one attached hydrogen (secondary N) is 2. The van der Waals surface area contributed by atoms with Crippen molar-refractivity contribution in [3.8, 4) is 0 Å². The van der Waals surface area contributed by atoms with E-state index in [1.54, 1.807) is 31.3 Å². The van der Waals surface area contributed by atoms with E-state index in [2.05, 4.69) is 10.6 Å². The van der Waals surface area contributed by atoms with E-state index >= 15 is 0 Å². The first-order chi connectivity index (χ1) is 9.45. The van der Waals surface area contributed by atoms with Gasteiger partial charge in [0.05, 0.1) is 0 Å². The Kier molecular flexibility index (Phi) is 5.70. The number of rotatable bonds is 6. The van der Waals surface area contributed by atoms with Crippen molar-refractivity contribution in [2.45, 2.75) is 32.2 Å². The molecule has 1 rings (SSSR count). The van der Waals surface area contributed by atoms with Crippen LogP contribution in [-0.4, -0.2) is 36.1 Å². The molecule has 1 aromatic rings. The van der Waals surface area contributed by atoms with Crippen LogP contribution in [-0.2, 0) is 0 Å². The van der Waals surface area contributed by atoms with Gasteiger partial charge in [0.25, 0.3) is 11.8 Å². The highest BCUT2D eigenvalue weighted by Crippen LogP contribution is 2.15. The molecule has 0 aliphatic rings. The van der Waals surface area contributed by atoms with Crippen molar-refractivity contribution in [1.82, 2.24) is 10.6 Å². The van der Waals surface area contributed by atoms with E-state index in [-0.39, 0.29) is 18.4 Å². The molecule has 20 heavy (non-hydrogen) atoms. The van der Waals surface area contributed by atoms with Gasteiger partial charge in [-0.15, -0.1) is 0 Å². The number of hydrogen-bond donors (Lipinski definition) is 3. The van der Waals surface area contributed by atoms with Crippen molar-refractivity contribution in [2.24, 2.45) is 0 Å². The van der Waals surface area contributed by atoms with Crippen LogP contribution in [0, 0.1) is 0 Å². The minimum atomic E-state index is -0.450. The third-order valence-corrected chi connectivity index (χ3v) is 3.47. The first kappa shape index (κ1) is 16.2. The molecule has 0 aliphatic carbocycles. The van der Waals surface area contributed by atoms with E-state index in [9.17, 15) is 9.59 Å². The molecule has 5 heteroatoms. The SMILES string of the molecule is CCC(C)(CCO)NC(=O)c1cccc(C(=O)NC)c1. The molecule has 0 aromatic heterocycles. The van der Waals surface area contributed by atoms with Crippen LogP contribution in [0.2, 0.25) is 0 Å². The largest absolute Gasteiger partial charge is 0.396 e. The first-order valence-electron chi connectivity index (χ1n) is 6.71. The Morgan fingerprint density at radius 3 is 2.35 bits per heavy atom. The number of hydrogen-bond acceptors (Lipinski definition) is 3. The van der Waals surface area contributed by atoms with Gasteiger partial charge in [0, 0.05) is 30.3 Å². The monoisotopic (exact) mass is 278 g/mol. The fraction of sp³-hybridized carbons (Fsp3) is 0.467. The second-order valence-corrected chi connectivity index (χ2v) is 5.00. The summed E-state index contributed by atoms with van der Waals surface area (Å²) in [7, 11) is 1.55. The lowest BCUT2D eigenvalue weighted by Crippen LogP contribution is -2.46. The number of aliphatic hydroxyl groups excluding tert-OH is 1. The Bertz CT molecular complexity index is 488. The summed E-state index contributed by atoms with van der Waals surface area (Å²) in [5.74, 6) is -0.471. The smallest absolute Gasteiger partial charge is 0.251 e. The van der Waals surface area contributed by atoms with E-state index in [1.807, 2.05) is 13.8 Å². The summed E-state index contributed by atoms with van der Waals surface area (Å²) in [6.45, 7) is 3.86. The molecule has 1 aromatic carbocycles. The lowest BCUT2D eigenvalue weighted by Gasteiger charge is -2.29. The van der Waals surface area contributed by atoms with Gasteiger partial charge in [0.15, 0.2) is 0 Å². The molecule has 2 amide bonds. The molecular weight excluding hydrogens is 256 g/mol. The summed E-state index contributed by atoms with van der Waals surface area (Å²) in [5, 5.41) is 14.5. The van der Waals surface area contributed by atoms with Crippen LogP contribution in [0.15, 0.2) is 24.3 Å². The van der Waals surface area contributed by atoms with Gasteiger partial charge < -0.3 is 15.7 Å². The Balaban J connectivity index is 2.89. The van der Waals surface area contributed by atoms with Crippen molar-refractivity contribution >= 4 is 11.8 Å². The summed E-state index contributed by atoms with van der Waals surface area (Å²) in [4.78, 5) is 23.8. The third kappa shape index (κ3) is 4.06. The summed E-state index contributed by atoms with van der Waals surface area (Å²) in [5.41, 5.74) is 0.429. The van der Waals surface area contributed by atoms with Crippen LogP contribution in [0.25, 0.3) is 0 Å². The number of carbonyl (C=O) groups excluding carboxylic acids is 2. The average molecular weight is 278 g/mol. The number of aliphatic hydroxyl groups is 1. The molecule has 1 unspecified atom stereocenters. The van der Waals surface area contributed by atoms with Gasteiger partial charge in [0.2, 0.25) is 0 Å². The van der Waals surface area contributed by atoms with Crippen LogP contribution in [0.1, 0.15) is 47.4 Å². The molecule has 0 radical (unpaired) electrons. The summed E-state index contributed by atoms with van der Waals surface area (Å²) in [6.07, 6.45) is 1.21. The summed E-state index contributed by atoms with van der Waals surface area (Å²) >= 11 is 0. The maximum absolute atomic E-state index is 12.2. The Labute approximate surface area is 119 Å². The molecule has 5 nitrogen and oxygen atoms in total. The Morgan fingerprint density at radius 1 is 1.25 bits per heavy atom. The van der Waals surface area contributed by atoms with Gasteiger partial charge in [-0.2, -0.15) is 0 Å². The minimum Gasteiger partial charge on any atom is -0.396 e. The number of carbonyl (C=O) groups is 2. The van der Waals surface area contributed by atoms with E-state index in [0.717, 1.165) is 0 Å². The van der Waals surface area contributed by atoms with Gasteiger partial charge in [-0.3, -0.25) is 9.59 Å². The van der Waals surface area contributed by atoms with Crippen molar-refractivity contribution in [1.29, 1.82) is 0 Å².